The van der Waals surface area contributed by atoms with E-state index in [1.165, 1.54) is 0 Å². The maximum atomic E-state index is 4.64. The number of hydrogen-bond acceptors (Lipinski definition) is 4. The van der Waals surface area contributed by atoms with Crippen molar-refractivity contribution in [3.05, 3.63) is 12.3 Å². The Balaban J connectivity index is 2.09. The molecular weight excluding hydrogens is 208 g/mol. The number of thioether (sulfide) groups is 1. The van der Waals surface area contributed by atoms with E-state index in [0.717, 1.165) is 23.2 Å². The van der Waals surface area contributed by atoms with E-state index < -0.39 is 0 Å². The largest absolute Gasteiger partial charge is 0.318 e. The van der Waals surface area contributed by atoms with E-state index in [2.05, 4.69) is 29.3 Å². The van der Waals surface area contributed by atoms with Crippen LogP contribution in [-0.2, 0) is 7.05 Å². The second-order valence-electron chi connectivity index (χ2n) is 4.33. The first-order valence-corrected chi connectivity index (χ1v) is 6.03. The summed E-state index contributed by atoms with van der Waals surface area (Å²) < 4.78 is 1.78. The molecule has 1 aliphatic heterocycles. The van der Waals surface area contributed by atoms with Crippen molar-refractivity contribution in [1.82, 2.24) is 9.78 Å². The van der Waals surface area contributed by atoms with Crippen LogP contribution in [0.15, 0.2) is 17.3 Å². The van der Waals surface area contributed by atoms with Crippen molar-refractivity contribution >= 4 is 22.7 Å². The predicted octanol–water partition coefficient (Wildman–Crippen LogP) is 2.10. The summed E-state index contributed by atoms with van der Waals surface area (Å²) in [6.45, 7) is 4.32. The molecule has 0 unspecified atom stereocenters. The lowest BCUT2D eigenvalue weighted by Crippen LogP contribution is -2.27. The molecule has 0 aliphatic carbocycles. The van der Waals surface area contributed by atoms with E-state index in [9.17, 15) is 0 Å². The summed E-state index contributed by atoms with van der Waals surface area (Å²) in [4.78, 5) is 4.64. The van der Waals surface area contributed by atoms with Crippen LogP contribution in [0.4, 0.5) is 5.82 Å². The Morgan fingerprint density at radius 1 is 1.53 bits per heavy atom. The summed E-state index contributed by atoms with van der Waals surface area (Å²) in [7, 11) is 1.91. The van der Waals surface area contributed by atoms with Crippen LogP contribution >= 0.6 is 11.8 Å². The lowest BCUT2D eigenvalue weighted by Gasteiger charge is -2.25. The Hall–Kier alpha value is -0.970. The molecule has 5 heteroatoms. The van der Waals surface area contributed by atoms with Crippen LogP contribution in [0.2, 0.25) is 0 Å². The van der Waals surface area contributed by atoms with Crippen molar-refractivity contribution in [2.45, 2.75) is 25.8 Å². The number of amidine groups is 1. The molecule has 2 heterocycles. The van der Waals surface area contributed by atoms with Gasteiger partial charge in [0, 0.05) is 25.1 Å². The predicted molar refractivity (Wildman–Crippen MR) is 65.4 cm³/mol. The Bertz CT molecular complexity index is 381. The quantitative estimate of drug-likeness (QED) is 0.794. The number of rotatable bonds is 1. The molecule has 0 aromatic carbocycles. The van der Waals surface area contributed by atoms with Gasteiger partial charge < -0.3 is 5.32 Å². The lowest BCUT2D eigenvalue weighted by atomic mass is 10.0. The lowest BCUT2D eigenvalue weighted by molar-refractivity contribution is 0.507. The Morgan fingerprint density at radius 3 is 2.93 bits per heavy atom. The Labute approximate surface area is 94.2 Å². The highest BCUT2D eigenvalue weighted by Crippen LogP contribution is 2.26. The number of nitrogens with one attached hydrogen (secondary N) is 1. The van der Waals surface area contributed by atoms with Crippen molar-refractivity contribution in [3.8, 4) is 0 Å². The van der Waals surface area contributed by atoms with Crippen LogP contribution in [0.1, 0.15) is 20.3 Å². The average Bonchev–Trinajstić information content (AvgIpc) is 2.49. The second-order valence-corrected chi connectivity index (χ2v) is 5.41. The maximum Gasteiger partial charge on any atom is 0.162 e. The summed E-state index contributed by atoms with van der Waals surface area (Å²) in [5.41, 5.74) is 0.0579. The smallest absolute Gasteiger partial charge is 0.162 e. The molecule has 4 nitrogen and oxygen atoms in total. The van der Waals surface area contributed by atoms with Gasteiger partial charge in [-0.15, -0.1) is 0 Å². The highest BCUT2D eigenvalue weighted by atomic mass is 32.2. The first kappa shape index (κ1) is 10.5. The number of aromatic nitrogens is 2. The van der Waals surface area contributed by atoms with Crippen molar-refractivity contribution in [1.29, 1.82) is 0 Å². The number of anilines is 1. The molecule has 0 saturated carbocycles. The summed E-state index contributed by atoms with van der Waals surface area (Å²) in [6.07, 6.45) is 3.05. The number of aryl methyl sites for hydroxylation is 1. The van der Waals surface area contributed by atoms with E-state index in [0.29, 0.717) is 0 Å². The number of aliphatic imine (C=N–C) groups is 1. The molecule has 1 aliphatic rings. The van der Waals surface area contributed by atoms with Crippen LogP contribution in [0.5, 0.6) is 0 Å². The van der Waals surface area contributed by atoms with Gasteiger partial charge in [0.05, 0.1) is 5.54 Å². The normalized spacial score (nSPS) is 19.8. The Morgan fingerprint density at radius 2 is 2.33 bits per heavy atom. The standard InChI is InChI=1S/C10H16N4S/c1-10(2)5-7-15-9(12-10)11-8-4-6-14(3)13-8/h4,6H,5,7H2,1-3H3,(H,11,12,13). The van der Waals surface area contributed by atoms with Gasteiger partial charge in [0.2, 0.25) is 0 Å². The third kappa shape index (κ3) is 2.75. The van der Waals surface area contributed by atoms with E-state index >= 15 is 0 Å². The first-order valence-electron chi connectivity index (χ1n) is 5.04. The second kappa shape index (κ2) is 3.89. The zero-order chi connectivity index (χ0) is 10.9. The highest BCUT2D eigenvalue weighted by molar-refractivity contribution is 8.14. The van der Waals surface area contributed by atoms with Crippen molar-refractivity contribution < 1.29 is 0 Å². The minimum atomic E-state index is 0.0579. The molecule has 1 N–H and O–H groups in total. The topological polar surface area (TPSA) is 42.2 Å². The van der Waals surface area contributed by atoms with Gasteiger partial charge in [-0.1, -0.05) is 11.8 Å². The third-order valence-corrected chi connectivity index (χ3v) is 3.18. The summed E-state index contributed by atoms with van der Waals surface area (Å²) >= 11 is 1.76. The molecule has 0 spiro atoms. The van der Waals surface area contributed by atoms with Crippen LogP contribution in [-0.4, -0.2) is 26.2 Å². The summed E-state index contributed by atoms with van der Waals surface area (Å²) in [5.74, 6) is 1.98. The number of hydrogen-bond donors (Lipinski definition) is 1. The monoisotopic (exact) mass is 224 g/mol. The maximum absolute atomic E-state index is 4.64. The molecule has 1 aromatic rings. The van der Waals surface area contributed by atoms with Gasteiger partial charge in [0.15, 0.2) is 11.0 Å². The van der Waals surface area contributed by atoms with E-state index in [1.54, 1.807) is 16.4 Å². The summed E-state index contributed by atoms with van der Waals surface area (Å²) in [5, 5.41) is 8.48. The molecular formula is C10H16N4S. The fraction of sp³-hybridized carbons (Fsp3) is 0.600. The van der Waals surface area contributed by atoms with Gasteiger partial charge in [-0.2, -0.15) is 5.10 Å². The summed E-state index contributed by atoms with van der Waals surface area (Å²) in [6, 6.07) is 1.95. The first-order chi connectivity index (χ1) is 7.05. The minimum absolute atomic E-state index is 0.0579. The SMILES string of the molecule is Cn1ccc(NC2=NC(C)(C)CCS2)n1. The molecule has 0 amide bonds. The average molecular weight is 224 g/mol. The number of nitrogens with zero attached hydrogens (tertiary/aromatic N) is 3. The van der Waals surface area contributed by atoms with Gasteiger partial charge in [0.25, 0.3) is 0 Å². The van der Waals surface area contributed by atoms with Crippen molar-refractivity contribution in [2.75, 3.05) is 11.1 Å². The van der Waals surface area contributed by atoms with E-state index in [1.807, 2.05) is 19.3 Å². The van der Waals surface area contributed by atoms with Gasteiger partial charge in [-0.25, -0.2) is 0 Å². The molecule has 0 saturated heterocycles. The molecule has 82 valence electrons. The zero-order valence-electron chi connectivity index (χ0n) is 9.32. The Kier molecular flexibility index (Phi) is 2.73. The molecule has 0 bridgehead atoms. The van der Waals surface area contributed by atoms with Crippen LogP contribution in [0.25, 0.3) is 0 Å². The molecule has 15 heavy (non-hydrogen) atoms. The minimum Gasteiger partial charge on any atom is -0.318 e. The van der Waals surface area contributed by atoms with Gasteiger partial charge >= 0.3 is 0 Å². The van der Waals surface area contributed by atoms with Crippen molar-refractivity contribution in [3.63, 3.8) is 0 Å². The van der Waals surface area contributed by atoms with Gasteiger partial charge in [-0.05, 0) is 20.3 Å². The van der Waals surface area contributed by atoms with Gasteiger partial charge in [-0.3, -0.25) is 9.67 Å². The van der Waals surface area contributed by atoms with Crippen LogP contribution in [0.3, 0.4) is 0 Å². The highest BCUT2D eigenvalue weighted by Gasteiger charge is 2.22. The van der Waals surface area contributed by atoms with Crippen LogP contribution < -0.4 is 5.32 Å². The molecule has 0 radical (unpaired) electrons. The fourth-order valence-corrected chi connectivity index (χ4v) is 2.70. The third-order valence-electron chi connectivity index (χ3n) is 2.31. The van der Waals surface area contributed by atoms with Crippen LogP contribution in [0, 0.1) is 0 Å². The molecule has 1 aromatic heterocycles. The van der Waals surface area contributed by atoms with Gasteiger partial charge in [0.1, 0.15) is 0 Å². The van der Waals surface area contributed by atoms with E-state index in [-0.39, 0.29) is 5.54 Å². The van der Waals surface area contributed by atoms with E-state index in [4.69, 9.17) is 0 Å². The molecule has 0 fully saturated rings. The van der Waals surface area contributed by atoms with Crippen molar-refractivity contribution in [2.24, 2.45) is 12.0 Å². The molecule has 2 rings (SSSR count). The fourth-order valence-electron chi connectivity index (χ4n) is 1.42. The molecule has 0 atom stereocenters. The zero-order valence-corrected chi connectivity index (χ0v) is 10.1.